The SMILES string of the molecule is CC1(CNc2ccc(C#N)cc2Br)CCCS1. The van der Waals surface area contributed by atoms with Crippen molar-refractivity contribution >= 4 is 33.4 Å². The fourth-order valence-electron chi connectivity index (χ4n) is 1.99. The molecule has 0 amide bonds. The molecule has 1 atom stereocenters. The van der Waals surface area contributed by atoms with Crippen LogP contribution in [0.15, 0.2) is 22.7 Å². The van der Waals surface area contributed by atoms with E-state index >= 15 is 0 Å². The predicted octanol–water partition coefficient (Wildman–Crippen LogP) is 4.02. The van der Waals surface area contributed by atoms with Crippen molar-refractivity contribution in [2.45, 2.75) is 24.5 Å². The molecule has 1 aliphatic rings. The summed E-state index contributed by atoms with van der Waals surface area (Å²) < 4.78 is 1.32. The van der Waals surface area contributed by atoms with Gasteiger partial charge in [-0.05, 0) is 59.6 Å². The number of thioether (sulfide) groups is 1. The van der Waals surface area contributed by atoms with Gasteiger partial charge in [-0.25, -0.2) is 0 Å². The number of nitriles is 1. The maximum Gasteiger partial charge on any atom is 0.0992 e. The molecule has 4 heteroatoms. The van der Waals surface area contributed by atoms with Gasteiger partial charge >= 0.3 is 0 Å². The summed E-state index contributed by atoms with van der Waals surface area (Å²) in [5, 5.41) is 12.3. The third-order valence-electron chi connectivity index (χ3n) is 3.05. The molecule has 1 unspecified atom stereocenters. The van der Waals surface area contributed by atoms with Gasteiger partial charge in [-0.2, -0.15) is 17.0 Å². The summed E-state index contributed by atoms with van der Waals surface area (Å²) in [4.78, 5) is 0. The molecule has 1 aromatic carbocycles. The number of anilines is 1. The molecule has 0 bridgehead atoms. The number of benzene rings is 1. The van der Waals surface area contributed by atoms with Crippen LogP contribution in [-0.2, 0) is 0 Å². The lowest BCUT2D eigenvalue weighted by Gasteiger charge is -2.24. The number of hydrogen-bond donors (Lipinski definition) is 1. The molecule has 0 aromatic heterocycles. The minimum atomic E-state index is 0.355. The Bertz CT molecular complexity index is 447. The Morgan fingerprint density at radius 3 is 3.00 bits per heavy atom. The molecule has 1 heterocycles. The first-order chi connectivity index (χ1) is 8.13. The van der Waals surface area contributed by atoms with Crippen LogP contribution in [0.25, 0.3) is 0 Å². The Labute approximate surface area is 115 Å². The number of hydrogen-bond acceptors (Lipinski definition) is 3. The van der Waals surface area contributed by atoms with Crippen molar-refractivity contribution in [2.24, 2.45) is 0 Å². The minimum absolute atomic E-state index is 0.355. The lowest BCUT2D eigenvalue weighted by molar-refractivity contribution is 0.634. The van der Waals surface area contributed by atoms with E-state index in [-0.39, 0.29) is 0 Å². The van der Waals surface area contributed by atoms with Gasteiger partial charge in [0.25, 0.3) is 0 Å². The zero-order chi connectivity index (χ0) is 12.3. The second kappa shape index (κ2) is 5.32. The van der Waals surface area contributed by atoms with Crippen molar-refractivity contribution in [3.8, 4) is 6.07 Å². The van der Waals surface area contributed by atoms with Gasteiger partial charge in [-0.15, -0.1) is 0 Å². The third kappa shape index (κ3) is 3.17. The first-order valence-electron chi connectivity index (χ1n) is 5.70. The summed E-state index contributed by atoms with van der Waals surface area (Å²) in [7, 11) is 0. The van der Waals surface area contributed by atoms with E-state index in [1.165, 1.54) is 18.6 Å². The van der Waals surface area contributed by atoms with Gasteiger partial charge < -0.3 is 5.32 Å². The van der Waals surface area contributed by atoms with Gasteiger partial charge in [0.05, 0.1) is 11.6 Å². The Balaban J connectivity index is 2.02. The highest BCUT2D eigenvalue weighted by Gasteiger charge is 2.29. The maximum atomic E-state index is 8.80. The fraction of sp³-hybridized carbons (Fsp3) is 0.462. The minimum Gasteiger partial charge on any atom is -0.383 e. The van der Waals surface area contributed by atoms with Gasteiger partial charge in [0, 0.05) is 21.5 Å². The zero-order valence-corrected chi connectivity index (χ0v) is 12.2. The lowest BCUT2D eigenvalue weighted by Crippen LogP contribution is -2.27. The Kier molecular flexibility index (Phi) is 4.01. The quantitative estimate of drug-likeness (QED) is 0.916. The Morgan fingerprint density at radius 2 is 2.41 bits per heavy atom. The van der Waals surface area contributed by atoms with Crippen molar-refractivity contribution in [3.63, 3.8) is 0 Å². The first kappa shape index (κ1) is 12.8. The fourth-order valence-corrected chi connectivity index (χ4v) is 3.75. The molecule has 0 radical (unpaired) electrons. The molecular formula is C13H15BrN2S. The van der Waals surface area contributed by atoms with Crippen LogP contribution in [0, 0.1) is 11.3 Å². The smallest absolute Gasteiger partial charge is 0.0992 e. The Hall–Kier alpha value is -0.660. The summed E-state index contributed by atoms with van der Waals surface area (Å²) in [6, 6.07) is 7.80. The molecule has 1 aliphatic heterocycles. The molecule has 1 fully saturated rings. The molecule has 2 nitrogen and oxygen atoms in total. The summed E-state index contributed by atoms with van der Waals surface area (Å²) >= 11 is 5.54. The molecule has 90 valence electrons. The van der Waals surface area contributed by atoms with E-state index in [4.69, 9.17) is 5.26 Å². The van der Waals surface area contributed by atoms with E-state index in [2.05, 4.69) is 34.2 Å². The summed E-state index contributed by atoms with van der Waals surface area (Å²) in [6.07, 6.45) is 2.59. The third-order valence-corrected chi connectivity index (χ3v) is 5.25. The van der Waals surface area contributed by atoms with Crippen LogP contribution in [0.1, 0.15) is 25.3 Å². The van der Waals surface area contributed by atoms with Gasteiger partial charge in [-0.3, -0.25) is 0 Å². The highest BCUT2D eigenvalue weighted by atomic mass is 79.9. The summed E-state index contributed by atoms with van der Waals surface area (Å²) in [5.41, 5.74) is 1.75. The second-order valence-electron chi connectivity index (χ2n) is 4.56. The molecule has 0 aliphatic carbocycles. The van der Waals surface area contributed by atoms with E-state index in [1.807, 2.05) is 30.0 Å². The standard InChI is InChI=1S/C13H15BrN2S/c1-13(5-2-6-17-13)9-16-12-4-3-10(8-15)7-11(12)14/h3-4,7,16H,2,5-6,9H2,1H3. The first-order valence-corrected chi connectivity index (χ1v) is 7.48. The van der Waals surface area contributed by atoms with E-state index in [1.54, 1.807) is 0 Å². The average molecular weight is 311 g/mol. The van der Waals surface area contributed by atoms with Crippen molar-refractivity contribution < 1.29 is 0 Å². The van der Waals surface area contributed by atoms with Crippen LogP contribution < -0.4 is 5.32 Å². The van der Waals surface area contributed by atoms with Gasteiger partial charge in [0.1, 0.15) is 0 Å². The van der Waals surface area contributed by atoms with E-state index < -0.39 is 0 Å². The average Bonchev–Trinajstić information content (AvgIpc) is 2.75. The van der Waals surface area contributed by atoms with E-state index in [0.29, 0.717) is 10.3 Å². The Morgan fingerprint density at radius 1 is 1.59 bits per heavy atom. The van der Waals surface area contributed by atoms with Crippen LogP contribution in [0.4, 0.5) is 5.69 Å². The van der Waals surface area contributed by atoms with Crippen molar-refractivity contribution in [2.75, 3.05) is 17.6 Å². The van der Waals surface area contributed by atoms with Crippen LogP contribution in [0.5, 0.6) is 0 Å². The lowest BCUT2D eigenvalue weighted by atomic mass is 10.1. The van der Waals surface area contributed by atoms with Crippen molar-refractivity contribution in [1.29, 1.82) is 5.26 Å². The molecule has 1 N–H and O–H groups in total. The topological polar surface area (TPSA) is 35.8 Å². The number of halogens is 1. The molecule has 2 rings (SSSR count). The molecule has 0 saturated carbocycles. The molecule has 1 saturated heterocycles. The zero-order valence-electron chi connectivity index (χ0n) is 9.79. The van der Waals surface area contributed by atoms with Gasteiger partial charge in [-0.1, -0.05) is 0 Å². The molecule has 17 heavy (non-hydrogen) atoms. The maximum absolute atomic E-state index is 8.80. The van der Waals surface area contributed by atoms with Crippen molar-refractivity contribution in [1.82, 2.24) is 0 Å². The normalized spacial score (nSPS) is 23.4. The van der Waals surface area contributed by atoms with Crippen LogP contribution >= 0.6 is 27.7 Å². The van der Waals surface area contributed by atoms with Crippen LogP contribution in [0.3, 0.4) is 0 Å². The van der Waals surface area contributed by atoms with Crippen molar-refractivity contribution in [3.05, 3.63) is 28.2 Å². The number of rotatable bonds is 3. The van der Waals surface area contributed by atoms with E-state index in [0.717, 1.165) is 16.7 Å². The molecule has 0 spiro atoms. The summed E-state index contributed by atoms with van der Waals surface area (Å²) in [5.74, 6) is 1.27. The molecular weight excluding hydrogens is 296 g/mol. The number of nitrogens with one attached hydrogen (secondary N) is 1. The van der Waals surface area contributed by atoms with Gasteiger partial charge in [0.15, 0.2) is 0 Å². The van der Waals surface area contributed by atoms with E-state index in [9.17, 15) is 0 Å². The van der Waals surface area contributed by atoms with Crippen LogP contribution in [0.2, 0.25) is 0 Å². The largest absolute Gasteiger partial charge is 0.383 e. The van der Waals surface area contributed by atoms with Gasteiger partial charge in [0.2, 0.25) is 0 Å². The number of nitrogens with zero attached hydrogens (tertiary/aromatic N) is 1. The molecule has 1 aromatic rings. The highest BCUT2D eigenvalue weighted by Crippen LogP contribution is 2.38. The summed E-state index contributed by atoms with van der Waals surface area (Å²) in [6.45, 7) is 3.29. The predicted molar refractivity (Wildman–Crippen MR) is 77.4 cm³/mol. The monoisotopic (exact) mass is 310 g/mol. The second-order valence-corrected chi connectivity index (χ2v) is 7.10. The highest BCUT2D eigenvalue weighted by molar-refractivity contribution is 9.10. The van der Waals surface area contributed by atoms with Crippen LogP contribution in [-0.4, -0.2) is 17.0 Å².